The summed E-state index contributed by atoms with van der Waals surface area (Å²) in [5, 5.41) is 2.16. The predicted molar refractivity (Wildman–Crippen MR) is 54.9 cm³/mol. The summed E-state index contributed by atoms with van der Waals surface area (Å²) in [4.78, 5) is 15.1. The lowest BCUT2D eigenvalue weighted by Gasteiger charge is -2.07. The summed E-state index contributed by atoms with van der Waals surface area (Å²) in [5.74, 6) is -0.566. The molecule has 0 radical (unpaired) electrons. The number of carbonyl (C=O) groups excluding carboxylic acids is 1. The van der Waals surface area contributed by atoms with Gasteiger partial charge in [0.2, 0.25) is 0 Å². The van der Waals surface area contributed by atoms with E-state index >= 15 is 0 Å². The van der Waals surface area contributed by atoms with Gasteiger partial charge in [0.25, 0.3) is 5.91 Å². The molecule has 1 amide bonds. The van der Waals surface area contributed by atoms with Crippen LogP contribution in [0.15, 0.2) is 22.9 Å². The zero-order valence-corrected chi connectivity index (χ0v) is 9.60. The molecule has 3 nitrogen and oxygen atoms in total. The maximum absolute atomic E-state index is 11.8. The predicted octanol–water partition coefficient (Wildman–Crippen LogP) is 2.53. The van der Waals surface area contributed by atoms with Crippen LogP contribution in [0.5, 0.6) is 0 Å². The standard InChI is InChI=1S/C9H8BrF3N2O/c10-7-2-1-6(5-15-7)8(16)14-4-3-9(11,12)13/h1-2,5H,3-4H2,(H,14,16). The summed E-state index contributed by atoms with van der Waals surface area (Å²) in [7, 11) is 0. The maximum atomic E-state index is 11.8. The molecule has 1 heterocycles. The van der Waals surface area contributed by atoms with Gasteiger partial charge in [-0.3, -0.25) is 4.79 Å². The van der Waals surface area contributed by atoms with Crippen LogP contribution in [0.3, 0.4) is 0 Å². The van der Waals surface area contributed by atoms with Crippen LogP contribution in [0, 0.1) is 0 Å². The fourth-order valence-corrected chi connectivity index (χ4v) is 1.16. The molecular weight excluding hydrogens is 289 g/mol. The Hall–Kier alpha value is -1.11. The van der Waals surface area contributed by atoms with Gasteiger partial charge in [0.05, 0.1) is 12.0 Å². The molecule has 1 aromatic heterocycles. The van der Waals surface area contributed by atoms with Gasteiger partial charge in [-0.2, -0.15) is 13.2 Å². The third-order valence-electron chi connectivity index (χ3n) is 1.68. The maximum Gasteiger partial charge on any atom is 0.390 e. The van der Waals surface area contributed by atoms with Crippen molar-refractivity contribution in [2.24, 2.45) is 0 Å². The van der Waals surface area contributed by atoms with Crippen molar-refractivity contribution >= 4 is 21.8 Å². The Balaban J connectivity index is 2.44. The molecule has 1 rings (SSSR count). The highest BCUT2D eigenvalue weighted by Gasteiger charge is 2.26. The number of nitrogens with one attached hydrogen (secondary N) is 1. The molecular formula is C9H8BrF3N2O. The molecule has 1 aromatic rings. The van der Waals surface area contributed by atoms with Gasteiger partial charge < -0.3 is 5.32 Å². The van der Waals surface area contributed by atoms with E-state index in [1.807, 2.05) is 0 Å². The lowest BCUT2D eigenvalue weighted by atomic mass is 10.2. The topological polar surface area (TPSA) is 42.0 Å². The Kier molecular flexibility index (Phi) is 4.28. The van der Waals surface area contributed by atoms with E-state index in [1.165, 1.54) is 12.3 Å². The molecule has 0 aliphatic heterocycles. The minimum absolute atomic E-state index is 0.227. The number of pyridine rings is 1. The van der Waals surface area contributed by atoms with Crippen LogP contribution in [0.25, 0.3) is 0 Å². The Bertz CT molecular complexity index is 364. The van der Waals surface area contributed by atoms with Gasteiger partial charge in [-0.05, 0) is 28.1 Å². The van der Waals surface area contributed by atoms with Crippen molar-refractivity contribution in [3.05, 3.63) is 28.5 Å². The van der Waals surface area contributed by atoms with Crippen LogP contribution in [0.4, 0.5) is 13.2 Å². The second-order valence-corrected chi connectivity index (χ2v) is 3.80. The number of nitrogens with zero attached hydrogens (tertiary/aromatic N) is 1. The van der Waals surface area contributed by atoms with Crippen LogP contribution in [0.1, 0.15) is 16.8 Å². The zero-order chi connectivity index (χ0) is 12.2. The summed E-state index contributed by atoms with van der Waals surface area (Å²) in [6, 6.07) is 3.01. The number of hydrogen-bond donors (Lipinski definition) is 1. The lowest BCUT2D eigenvalue weighted by molar-refractivity contribution is -0.132. The van der Waals surface area contributed by atoms with Gasteiger partial charge in [0.1, 0.15) is 4.60 Å². The van der Waals surface area contributed by atoms with Crippen LogP contribution in [-0.2, 0) is 0 Å². The minimum Gasteiger partial charge on any atom is -0.352 e. The van der Waals surface area contributed by atoms with Crippen molar-refractivity contribution in [1.82, 2.24) is 10.3 Å². The first-order chi connectivity index (χ1) is 7.38. The number of rotatable bonds is 3. The molecule has 0 aromatic carbocycles. The number of carbonyl (C=O) groups is 1. The second-order valence-electron chi connectivity index (χ2n) is 2.99. The number of aromatic nitrogens is 1. The molecule has 16 heavy (non-hydrogen) atoms. The molecule has 0 unspecified atom stereocenters. The monoisotopic (exact) mass is 296 g/mol. The third-order valence-corrected chi connectivity index (χ3v) is 2.15. The second kappa shape index (κ2) is 5.29. The Labute approximate surface area is 98.2 Å². The first kappa shape index (κ1) is 13.0. The molecule has 1 N–H and O–H groups in total. The van der Waals surface area contributed by atoms with Crippen molar-refractivity contribution in [2.75, 3.05) is 6.54 Å². The Morgan fingerprint density at radius 3 is 2.62 bits per heavy atom. The first-order valence-corrected chi connectivity index (χ1v) is 5.14. The molecule has 7 heteroatoms. The van der Waals surface area contributed by atoms with Gasteiger partial charge in [-0.15, -0.1) is 0 Å². The van der Waals surface area contributed by atoms with E-state index < -0.39 is 25.0 Å². The Morgan fingerprint density at radius 1 is 1.44 bits per heavy atom. The first-order valence-electron chi connectivity index (χ1n) is 4.35. The molecule has 0 atom stereocenters. The molecule has 0 aliphatic rings. The van der Waals surface area contributed by atoms with Crippen molar-refractivity contribution < 1.29 is 18.0 Å². The van der Waals surface area contributed by atoms with Crippen LogP contribution in [-0.4, -0.2) is 23.6 Å². The average Bonchev–Trinajstić information content (AvgIpc) is 2.16. The van der Waals surface area contributed by atoms with Gasteiger partial charge >= 0.3 is 6.18 Å². The zero-order valence-electron chi connectivity index (χ0n) is 8.01. The number of alkyl halides is 3. The molecule has 0 saturated heterocycles. The summed E-state index contributed by atoms with van der Waals surface area (Å²) in [6.07, 6.45) is -4.01. The summed E-state index contributed by atoms with van der Waals surface area (Å²) < 4.78 is 35.9. The third kappa shape index (κ3) is 4.61. The van der Waals surface area contributed by atoms with E-state index in [1.54, 1.807) is 6.07 Å². The van der Waals surface area contributed by atoms with E-state index in [-0.39, 0.29) is 5.56 Å². The molecule has 0 aliphatic carbocycles. The highest BCUT2D eigenvalue weighted by Crippen LogP contribution is 2.18. The van der Waals surface area contributed by atoms with Crippen molar-refractivity contribution in [1.29, 1.82) is 0 Å². The van der Waals surface area contributed by atoms with Gasteiger partial charge in [-0.1, -0.05) is 0 Å². The fourth-order valence-electron chi connectivity index (χ4n) is 0.930. The normalized spacial score (nSPS) is 11.2. The molecule has 0 bridgehead atoms. The molecule has 0 saturated carbocycles. The fraction of sp³-hybridized carbons (Fsp3) is 0.333. The Morgan fingerprint density at radius 2 is 2.12 bits per heavy atom. The lowest BCUT2D eigenvalue weighted by Crippen LogP contribution is -2.27. The van der Waals surface area contributed by atoms with Crippen LogP contribution < -0.4 is 5.32 Å². The van der Waals surface area contributed by atoms with Crippen LogP contribution >= 0.6 is 15.9 Å². The van der Waals surface area contributed by atoms with Crippen LogP contribution in [0.2, 0.25) is 0 Å². The smallest absolute Gasteiger partial charge is 0.352 e. The number of amides is 1. The van der Waals surface area contributed by atoms with Gasteiger partial charge in [0, 0.05) is 12.7 Å². The van der Waals surface area contributed by atoms with E-state index in [9.17, 15) is 18.0 Å². The van der Waals surface area contributed by atoms with Gasteiger partial charge in [0.15, 0.2) is 0 Å². The van der Waals surface area contributed by atoms with E-state index in [0.29, 0.717) is 4.60 Å². The summed E-state index contributed by atoms with van der Waals surface area (Å²) in [5.41, 5.74) is 0.227. The largest absolute Gasteiger partial charge is 0.390 e. The van der Waals surface area contributed by atoms with Crippen molar-refractivity contribution in [2.45, 2.75) is 12.6 Å². The number of halogens is 4. The highest BCUT2D eigenvalue weighted by atomic mass is 79.9. The average molecular weight is 297 g/mol. The van der Waals surface area contributed by atoms with Crippen molar-refractivity contribution in [3.8, 4) is 0 Å². The molecule has 0 fully saturated rings. The SMILES string of the molecule is O=C(NCCC(F)(F)F)c1ccc(Br)nc1. The van der Waals surface area contributed by atoms with E-state index in [0.717, 1.165) is 0 Å². The quantitative estimate of drug-likeness (QED) is 0.871. The summed E-state index contributed by atoms with van der Waals surface area (Å²) >= 11 is 3.08. The molecule has 88 valence electrons. The van der Waals surface area contributed by atoms with Crippen molar-refractivity contribution in [3.63, 3.8) is 0 Å². The highest BCUT2D eigenvalue weighted by molar-refractivity contribution is 9.10. The minimum atomic E-state index is -4.26. The van der Waals surface area contributed by atoms with E-state index in [4.69, 9.17) is 0 Å². The van der Waals surface area contributed by atoms with Gasteiger partial charge in [-0.25, -0.2) is 4.98 Å². The van der Waals surface area contributed by atoms with E-state index in [2.05, 4.69) is 26.2 Å². The molecule has 0 spiro atoms. The number of hydrogen-bond acceptors (Lipinski definition) is 2. The summed E-state index contributed by atoms with van der Waals surface area (Å²) in [6.45, 7) is -0.432.